The monoisotopic (exact) mass is 289 g/mol. The van der Waals surface area contributed by atoms with Gasteiger partial charge in [0.25, 0.3) is 5.91 Å². The predicted octanol–water partition coefficient (Wildman–Crippen LogP) is 1.61. The second kappa shape index (κ2) is 6.39. The molecule has 1 aromatic rings. The van der Waals surface area contributed by atoms with Gasteiger partial charge in [0.15, 0.2) is 0 Å². The standard InChI is InChI=1S/C15H19N3O3/c1-3-16-14(20)18-12(10-11-8-6-5-7-9-11)13(19)17(4-2)15(18)21/h5-9,12H,3-4,10H2,1-2H3,(H,16,20)/t12-/m0/s1. The van der Waals surface area contributed by atoms with Crippen LogP contribution in [0.15, 0.2) is 30.3 Å². The molecule has 0 bridgehead atoms. The zero-order valence-electron chi connectivity index (χ0n) is 12.2. The Labute approximate surface area is 123 Å². The highest BCUT2D eigenvalue weighted by atomic mass is 16.2. The summed E-state index contributed by atoms with van der Waals surface area (Å²) in [7, 11) is 0. The van der Waals surface area contributed by atoms with Gasteiger partial charge in [0, 0.05) is 19.5 Å². The fraction of sp³-hybridized carbons (Fsp3) is 0.400. The van der Waals surface area contributed by atoms with Crippen molar-refractivity contribution in [1.29, 1.82) is 0 Å². The van der Waals surface area contributed by atoms with Crippen LogP contribution in [0.2, 0.25) is 0 Å². The zero-order chi connectivity index (χ0) is 15.4. The van der Waals surface area contributed by atoms with Gasteiger partial charge in [0.2, 0.25) is 0 Å². The second-order valence-corrected chi connectivity index (χ2v) is 4.78. The van der Waals surface area contributed by atoms with Gasteiger partial charge in [0.05, 0.1) is 0 Å². The molecule has 1 atom stereocenters. The van der Waals surface area contributed by atoms with Crippen LogP contribution in [0.5, 0.6) is 0 Å². The molecule has 1 N–H and O–H groups in total. The highest BCUT2D eigenvalue weighted by Gasteiger charge is 2.47. The number of benzene rings is 1. The van der Waals surface area contributed by atoms with Crippen molar-refractivity contribution in [1.82, 2.24) is 15.1 Å². The Morgan fingerprint density at radius 1 is 1.19 bits per heavy atom. The van der Waals surface area contributed by atoms with Gasteiger partial charge in [-0.25, -0.2) is 14.5 Å². The van der Waals surface area contributed by atoms with E-state index in [0.29, 0.717) is 13.0 Å². The lowest BCUT2D eigenvalue weighted by molar-refractivity contribution is -0.127. The number of hydrogen-bond acceptors (Lipinski definition) is 3. The van der Waals surface area contributed by atoms with Crippen LogP contribution in [0.3, 0.4) is 0 Å². The van der Waals surface area contributed by atoms with E-state index < -0.39 is 18.1 Å². The summed E-state index contributed by atoms with van der Waals surface area (Å²) in [6.07, 6.45) is 0.332. The highest BCUT2D eigenvalue weighted by molar-refractivity contribution is 6.11. The number of carbonyl (C=O) groups is 3. The number of carbonyl (C=O) groups excluding carboxylic acids is 3. The first-order chi connectivity index (χ1) is 10.1. The maximum Gasteiger partial charge on any atom is 0.335 e. The molecule has 0 radical (unpaired) electrons. The summed E-state index contributed by atoms with van der Waals surface area (Å²) in [6.45, 7) is 4.15. The summed E-state index contributed by atoms with van der Waals surface area (Å²) >= 11 is 0. The number of imide groups is 2. The van der Waals surface area contributed by atoms with Gasteiger partial charge < -0.3 is 5.32 Å². The Morgan fingerprint density at radius 2 is 1.86 bits per heavy atom. The largest absolute Gasteiger partial charge is 0.338 e. The fourth-order valence-electron chi connectivity index (χ4n) is 2.42. The average Bonchev–Trinajstić information content (AvgIpc) is 2.71. The molecule has 0 aromatic heterocycles. The Bertz CT molecular complexity index is 544. The first-order valence-electron chi connectivity index (χ1n) is 7.06. The van der Waals surface area contributed by atoms with Crippen molar-refractivity contribution in [2.45, 2.75) is 26.3 Å². The molecule has 1 aliphatic rings. The van der Waals surface area contributed by atoms with E-state index in [1.54, 1.807) is 13.8 Å². The fourth-order valence-corrected chi connectivity index (χ4v) is 2.42. The summed E-state index contributed by atoms with van der Waals surface area (Å²) < 4.78 is 0. The first-order valence-corrected chi connectivity index (χ1v) is 7.06. The lowest BCUT2D eigenvalue weighted by atomic mass is 10.1. The third-order valence-electron chi connectivity index (χ3n) is 3.43. The number of likely N-dealkylation sites (N-methyl/N-ethyl adjacent to an activating group) is 1. The molecule has 1 saturated heterocycles. The minimum atomic E-state index is -0.772. The van der Waals surface area contributed by atoms with E-state index >= 15 is 0 Å². The van der Waals surface area contributed by atoms with E-state index in [1.165, 1.54) is 0 Å². The molecule has 1 aliphatic heterocycles. The molecule has 6 heteroatoms. The summed E-state index contributed by atoms with van der Waals surface area (Å²) in [5.74, 6) is -0.322. The molecule has 0 spiro atoms. The van der Waals surface area contributed by atoms with Gasteiger partial charge in [-0.1, -0.05) is 30.3 Å². The molecule has 1 heterocycles. The number of hydrogen-bond donors (Lipinski definition) is 1. The maximum absolute atomic E-state index is 12.4. The smallest absolute Gasteiger partial charge is 0.335 e. The van der Waals surface area contributed by atoms with Crippen LogP contribution in [-0.4, -0.2) is 46.9 Å². The molecule has 0 unspecified atom stereocenters. The van der Waals surface area contributed by atoms with Gasteiger partial charge in [-0.05, 0) is 19.4 Å². The Morgan fingerprint density at radius 3 is 2.43 bits per heavy atom. The summed E-state index contributed by atoms with van der Waals surface area (Å²) in [6, 6.07) is 7.53. The molecule has 21 heavy (non-hydrogen) atoms. The quantitative estimate of drug-likeness (QED) is 0.856. The maximum atomic E-state index is 12.4. The van der Waals surface area contributed by atoms with E-state index in [9.17, 15) is 14.4 Å². The second-order valence-electron chi connectivity index (χ2n) is 4.78. The number of amides is 5. The van der Waals surface area contributed by atoms with E-state index in [0.717, 1.165) is 15.4 Å². The van der Waals surface area contributed by atoms with Crippen LogP contribution < -0.4 is 5.32 Å². The van der Waals surface area contributed by atoms with Crippen molar-refractivity contribution in [3.8, 4) is 0 Å². The van der Waals surface area contributed by atoms with E-state index in [2.05, 4.69) is 5.32 Å². The van der Waals surface area contributed by atoms with Gasteiger partial charge in [-0.3, -0.25) is 9.69 Å². The average molecular weight is 289 g/mol. The third-order valence-corrected chi connectivity index (χ3v) is 3.43. The van der Waals surface area contributed by atoms with Crippen LogP contribution >= 0.6 is 0 Å². The molecule has 1 aromatic carbocycles. The normalized spacial score (nSPS) is 18.3. The van der Waals surface area contributed by atoms with Crippen LogP contribution in [0, 0.1) is 0 Å². The molecule has 0 aliphatic carbocycles. The van der Waals surface area contributed by atoms with Crippen molar-refractivity contribution < 1.29 is 14.4 Å². The van der Waals surface area contributed by atoms with Crippen molar-refractivity contribution in [3.05, 3.63) is 35.9 Å². The van der Waals surface area contributed by atoms with Crippen LogP contribution in [0.4, 0.5) is 9.59 Å². The molecule has 6 nitrogen and oxygen atoms in total. The molecule has 2 rings (SSSR count). The topological polar surface area (TPSA) is 69.7 Å². The van der Waals surface area contributed by atoms with Gasteiger partial charge in [0.1, 0.15) is 6.04 Å². The van der Waals surface area contributed by atoms with Crippen LogP contribution in [0.1, 0.15) is 19.4 Å². The summed E-state index contributed by atoms with van der Waals surface area (Å²) in [5.41, 5.74) is 0.913. The van der Waals surface area contributed by atoms with Gasteiger partial charge in [-0.2, -0.15) is 0 Å². The van der Waals surface area contributed by atoms with Crippen molar-refractivity contribution in [2.75, 3.05) is 13.1 Å². The minimum Gasteiger partial charge on any atom is -0.338 e. The number of urea groups is 2. The van der Waals surface area contributed by atoms with E-state index in [-0.39, 0.29) is 12.5 Å². The predicted molar refractivity (Wildman–Crippen MR) is 77.6 cm³/mol. The minimum absolute atomic E-state index is 0.263. The summed E-state index contributed by atoms with van der Waals surface area (Å²) in [4.78, 5) is 38.8. The number of nitrogens with one attached hydrogen (secondary N) is 1. The lowest BCUT2D eigenvalue weighted by Gasteiger charge is -2.20. The number of nitrogens with zero attached hydrogens (tertiary/aromatic N) is 2. The summed E-state index contributed by atoms with van der Waals surface area (Å²) in [5, 5.41) is 2.59. The van der Waals surface area contributed by atoms with E-state index in [4.69, 9.17) is 0 Å². The van der Waals surface area contributed by atoms with Gasteiger partial charge in [-0.15, -0.1) is 0 Å². The highest BCUT2D eigenvalue weighted by Crippen LogP contribution is 2.21. The molecule has 5 amide bonds. The van der Waals surface area contributed by atoms with Crippen LogP contribution in [0.25, 0.3) is 0 Å². The molecular weight excluding hydrogens is 270 g/mol. The zero-order valence-corrected chi connectivity index (χ0v) is 12.2. The number of rotatable bonds is 4. The van der Waals surface area contributed by atoms with Gasteiger partial charge >= 0.3 is 12.1 Å². The Hall–Kier alpha value is -2.37. The van der Waals surface area contributed by atoms with Crippen molar-refractivity contribution in [2.24, 2.45) is 0 Å². The Kier molecular flexibility index (Phi) is 4.57. The lowest BCUT2D eigenvalue weighted by Crippen LogP contribution is -2.47. The molecule has 0 saturated carbocycles. The van der Waals surface area contributed by atoms with Crippen molar-refractivity contribution in [3.63, 3.8) is 0 Å². The third kappa shape index (κ3) is 2.89. The Balaban J connectivity index is 2.27. The van der Waals surface area contributed by atoms with Crippen molar-refractivity contribution >= 4 is 18.0 Å². The molecule has 112 valence electrons. The first kappa shape index (κ1) is 15.0. The van der Waals surface area contributed by atoms with E-state index in [1.807, 2.05) is 30.3 Å². The molecular formula is C15H19N3O3. The SMILES string of the molecule is CCNC(=O)N1C(=O)N(CC)C(=O)[C@@H]1Cc1ccccc1. The molecule has 1 fully saturated rings. The van der Waals surface area contributed by atoms with Crippen LogP contribution in [-0.2, 0) is 11.2 Å².